The van der Waals surface area contributed by atoms with E-state index in [9.17, 15) is 0 Å². The largest absolute Gasteiger partial charge is 0.283 e. The van der Waals surface area contributed by atoms with Crippen molar-refractivity contribution < 1.29 is 0 Å². The Labute approximate surface area is 105 Å². The fraction of sp³-hybridized carbons (Fsp3) is 0.571. The van der Waals surface area contributed by atoms with Crippen molar-refractivity contribution in [1.29, 1.82) is 0 Å². The third-order valence-corrected chi connectivity index (χ3v) is 2.96. The van der Waals surface area contributed by atoms with E-state index in [0.29, 0.717) is 13.1 Å². The summed E-state index contributed by atoms with van der Waals surface area (Å²) in [6, 6.07) is 0. The van der Waals surface area contributed by atoms with Crippen LogP contribution in [0.4, 0.5) is 0 Å². The van der Waals surface area contributed by atoms with Crippen molar-refractivity contribution in [2.24, 2.45) is 5.92 Å². The molecule has 1 aliphatic carbocycles. The minimum Gasteiger partial charge on any atom is -0.283 e. The molecule has 0 heterocycles. The summed E-state index contributed by atoms with van der Waals surface area (Å²) in [5.41, 5.74) is 0.982. The van der Waals surface area contributed by atoms with Gasteiger partial charge in [0.15, 0.2) is 0 Å². The Bertz CT molecular complexity index is 312. The van der Waals surface area contributed by atoms with E-state index in [1.165, 1.54) is 12.8 Å². The maximum Gasteiger partial charge on any atom is 0.146 e. The highest BCUT2D eigenvalue weighted by Gasteiger charge is 2.31. The first-order valence-electron chi connectivity index (χ1n) is 6.10. The lowest BCUT2D eigenvalue weighted by Crippen LogP contribution is -2.67. The SMILES string of the molecule is C#CCNC(NCC=C)(NCC1CC1)C(=C)C. The van der Waals surface area contributed by atoms with Gasteiger partial charge in [-0.1, -0.05) is 18.6 Å². The monoisotopic (exact) mass is 233 g/mol. The zero-order valence-corrected chi connectivity index (χ0v) is 10.7. The van der Waals surface area contributed by atoms with Gasteiger partial charge < -0.3 is 0 Å². The van der Waals surface area contributed by atoms with Gasteiger partial charge in [0.1, 0.15) is 5.79 Å². The molecule has 1 atom stereocenters. The van der Waals surface area contributed by atoms with Gasteiger partial charge in [-0.25, -0.2) is 0 Å². The lowest BCUT2D eigenvalue weighted by molar-refractivity contribution is 0.259. The van der Waals surface area contributed by atoms with E-state index in [1.807, 2.05) is 13.0 Å². The summed E-state index contributed by atoms with van der Waals surface area (Å²) in [6.45, 7) is 11.9. The van der Waals surface area contributed by atoms with E-state index < -0.39 is 5.79 Å². The Morgan fingerprint density at radius 1 is 1.47 bits per heavy atom. The highest BCUT2D eigenvalue weighted by molar-refractivity contribution is 5.13. The third kappa shape index (κ3) is 4.35. The van der Waals surface area contributed by atoms with Crippen LogP contribution in [0.1, 0.15) is 19.8 Å². The Kier molecular flexibility index (Phi) is 5.43. The van der Waals surface area contributed by atoms with Crippen LogP contribution in [0, 0.1) is 18.3 Å². The van der Waals surface area contributed by atoms with Gasteiger partial charge in [0, 0.05) is 13.1 Å². The molecule has 0 radical (unpaired) electrons. The molecule has 1 rings (SSSR count). The summed E-state index contributed by atoms with van der Waals surface area (Å²) in [6.07, 6.45) is 9.77. The number of hydrogen-bond donors (Lipinski definition) is 3. The Morgan fingerprint density at radius 2 is 2.18 bits per heavy atom. The molecule has 0 saturated heterocycles. The lowest BCUT2D eigenvalue weighted by Gasteiger charge is -2.37. The van der Waals surface area contributed by atoms with E-state index in [-0.39, 0.29) is 0 Å². The van der Waals surface area contributed by atoms with Crippen LogP contribution in [-0.4, -0.2) is 25.4 Å². The summed E-state index contributed by atoms with van der Waals surface area (Å²) in [7, 11) is 0. The molecule has 1 unspecified atom stereocenters. The molecule has 0 aliphatic heterocycles. The number of nitrogens with one attached hydrogen (secondary N) is 3. The lowest BCUT2D eigenvalue weighted by atomic mass is 10.1. The van der Waals surface area contributed by atoms with Crippen LogP contribution < -0.4 is 16.0 Å². The number of rotatable bonds is 9. The second-order valence-corrected chi connectivity index (χ2v) is 4.58. The first kappa shape index (κ1) is 14.0. The highest BCUT2D eigenvalue weighted by Crippen LogP contribution is 2.28. The maximum atomic E-state index is 5.31. The molecular formula is C14H23N3. The molecule has 1 saturated carbocycles. The van der Waals surface area contributed by atoms with Gasteiger partial charge in [0.2, 0.25) is 0 Å². The molecule has 3 heteroatoms. The third-order valence-electron chi connectivity index (χ3n) is 2.96. The van der Waals surface area contributed by atoms with Crippen molar-refractivity contribution in [2.45, 2.75) is 25.6 Å². The van der Waals surface area contributed by atoms with Gasteiger partial charge in [-0.15, -0.1) is 13.0 Å². The van der Waals surface area contributed by atoms with Crippen molar-refractivity contribution in [3.8, 4) is 12.3 Å². The van der Waals surface area contributed by atoms with E-state index in [0.717, 1.165) is 18.0 Å². The van der Waals surface area contributed by atoms with Crippen LogP contribution in [0.3, 0.4) is 0 Å². The van der Waals surface area contributed by atoms with E-state index in [2.05, 4.69) is 35.0 Å². The maximum absolute atomic E-state index is 5.31. The number of hydrogen-bond acceptors (Lipinski definition) is 3. The fourth-order valence-corrected chi connectivity index (χ4v) is 1.67. The summed E-state index contributed by atoms with van der Waals surface area (Å²) in [4.78, 5) is 0. The first-order chi connectivity index (χ1) is 8.14. The summed E-state index contributed by atoms with van der Waals surface area (Å²) in [5.74, 6) is 2.91. The van der Waals surface area contributed by atoms with Gasteiger partial charge in [-0.2, -0.15) is 0 Å². The van der Waals surface area contributed by atoms with Crippen molar-refractivity contribution >= 4 is 0 Å². The first-order valence-corrected chi connectivity index (χ1v) is 6.10. The van der Waals surface area contributed by atoms with Crippen LogP contribution >= 0.6 is 0 Å². The van der Waals surface area contributed by atoms with Crippen molar-refractivity contribution in [2.75, 3.05) is 19.6 Å². The fourth-order valence-electron chi connectivity index (χ4n) is 1.67. The molecule has 1 fully saturated rings. The molecule has 3 nitrogen and oxygen atoms in total. The smallest absolute Gasteiger partial charge is 0.146 e. The van der Waals surface area contributed by atoms with Crippen molar-refractivity contribution in [3.63, 3.8) is 0 Å². The zero-order chi connectivity index (χ0) is 12.7. The van der Waals surface area contributed by atoms with Gasteiger partial charge >= 0.3 is 0 Å². The molecule has 0 amide bonds. The van der Waals surface area contributed by atoms with Gasteiger partial charge in [-0.05, 0) is 31.3 Å². The second kappa shape index (κ2) is 6.61. The summed E-state index contributed by atoms with van der Waals surface area (Å²) in [5, 5.41) is 10.2. The van der Waals surface area contributed by atoms with Crippen molar-refractivity contribution in [3.05, 3.63) is 24.8 Å². The molecule has 17 heavy (non-hydrogen) atoms. The Hall–Kier alpha value is -1.08. The molecule has 0 bridgehead atoms. The summed E-state index contributed by atoms with van der Waals surface area (Å²) < 4.78 is 0. The van der Waals surface area contributed by atoms with E-state index in [4.69, 9.17) is 6.42 Å². The normalized spacial score (nSPS) is 18.1. The van der Waals surface area contributed by atoms with E-state index >= 15 is 0 Å². The topological polar surface area (TPSA) is 36.1 Å². The average Bonchev–Trinajstić information content (AvgIpc) is 3.12. The molecule has 94 valence electrons. The predicted octanol–water partition coefficient (Wildman–Crippen LogP) is 1.21. The molecule has 0 aromatic carbocycles. The van der Waals surface area contributed by atoms with Crippen molar-refractivity contribution in [1.82, 2.24) is 16.0 Å². The highest BCUT2D eigenvalue weighted by atomic mass is 15.4. The minimum atomic E-state index is -0.483. The quantitative estimate of drug-likeness (QED) is 0.318. The standard InChI is InChI=1S/C14H23N3/c1-5-9-15-14(12(3)4,16-10-6-2)17-11-13-7-8-13/h1,6,13,15-17H,2-3,7-11H2,4H3. The molecule has 0 spiro atoms. The van der Waals surface area contributed by atoms with Crippen LogP contribution in [0.2, 0.25) is 0 Å². The van der Waals surface area contributed by atoms with Crippen LogP contribution in [-0.2, 0) is 0 Å². The molecule has 3 N–H and O–H groups in total. The molecule has 1 aliphatic rings. The predicted molar refractivity (Wildman–Crippen MR) is 73.3 cm³/mol. The minimum absolute atomic E-state index is 0.483. The molecule has 0 aromatic heterocycles. The average molecular weight is 233 g/mol. The second-order valence-electron chi connectivity index (χ2n) is 4.58. The van der Waals surface area contributed by atoms with Gasteiger partial charge in [0.05, 0.1) is 6.54 Å². The van der Waals surface area contributed by atoms with Gasteiger partial charge in [0.25, 0.3) is 0 Å². The summed E-state index contributed by atoms with van der Waals surface area (Å²) >= 11 is 0. The van der Waals surface area contributed by atoms with Crippen LogP contribution in [0.5, 0.6) is 0 Å². The van der Waals surface area contributed by atoms with Gasteiger partial charge in [-0.3, -0.25) is 16.0 Å². The molecule has 0 aromatic rings. The van der Waals surface area contributed by atoms with Crippen LogP contribution in [0.15, 0.2) is 24.8 Å². The van der Waals surface area contributed by atoms with E-state index in [1.54, 1.807) is 0 Å². The number of terminal acetylenes is 1. The Balaban J connectivity index is 2.63. The van der Waals surface area contributed by atoms with Crippen LogP contribution in [0.25, 0.3) is 0 Å². The zero-order valence-electron chi connectivity index (χ0n) is 10.7. The Morgan fingerprint density at radius 3 is 2.65 bits per heavy atom. The molecular weight excluding hydrogens is 210 g/mol.